The van der Waals surface area contributed by atoms with Crippen molar-refractivity contribution in [1.29, 1.82) is 0 Å². The summed E-state index contributed by atoms with van der Waals surface area (Å²) in [4.78, 5) is 11.5. The Labute approximate surface area is 100 Å². The molecule has 0 saturated carbocycles. The topological polar surface area (TPSA) is 26.3 Å². The van der Waals surface area contributed by atoms with Crippen molar-refractivity contribution in [2.24, 2.45) is 0 Å². The Kier molecular flexibility index (Phi) is 2.74. The Balaban J connectivity index is 2.19. The highest BCUT2D eigenvalue weighted by Gasteiger charge is 2.50. The molecule has 1 saturated heterocycles. The Morgan fingerprint density at radius 2 is 1.81 bits per heavy atom. The van der Waals surface area contributed by atoms with E-state index in [0.717, 1.165) is 6.42 Å². The van der Waals surface area contributed by atoms with Crippen molar-refractivity contribution in [3.63, 3.8) is 0 Å². The fourth-order valence-electron chi connectivity index (χ4n) is 2.03. The van der Waals surface area contributed by atoms with E-state index in [0.29, 0.717) is 0 Å². The molecule has 1 aliphatic rings. The summed E-state index contributed by atoms with van der Waals surface area (Å²) in [6.07, 6.45) is 0.723. The first kappa shape index (κ1) is 11.5. The van der Waals surface area contributed by atoms with Gasteiger partial charge in [0.2, 0.25) is 0 Å². The van der Waals surface area contributed by atoms with Crippen molar-refractivity contribution in [3.8, 4) is 0 Å². The molecule has 2 nitrogen and oxygen atoms in total. The molecule has 86 valence electrons. The second-order valence-electron chi connectivity index (χ2n) is 4.78. The van der Waals surface area contributed by atoms with Gasteiger partial charge in [0.1, 0.15) is 4.75 Å². The van der Waals surface area contributed by atoms with Gasteiger partial charge in [0.25, 0.3) is 0 Å². The Morgan fingerprint density at radius 1 is 1.19 bits per heavy atom. The Bertz CT molecular complexity index is 400. The molecule has 0 N–H and O–H groups in total. The zero-order valence-corrected chi connectivity index (χ0v) is 10.6. The SMILES string of the molecule is CC1(C)OC(=O)C(C)(Cc2ccccc2)S1. The van der Waals surface area contributed by atoms with Gasteiger partial charge in [-0.15, -0.1) is 0 Å². The van der Waals surface area contributed by atoms with Crippen LogP contribution in [0.5, 0.6) is 0 Å². The second kappa shape index (κ2) is 3.81. The van der Waals surface area contributed by atoms with Gasteiger partial charge in [0.05, 0.1) is 0 Å². The quantitative estimate of drug-likeness (QED) is 0.738. The fraction of sp³-hybridized carbons (Fsp3) is 0.462. The van der Waals surface area contributed by atoms with Gasteiger partial charge in [-0.3, -0.25) is 4.79 Å². The van der Waals surface area contributed by atoms with Crippen LogP contribution in [0.15, 0.2) is 30.3 Å². The van der Waals surface area contributed by atoms with E-state index in [1.165, 1.54) is 5.56 Å². The smallest absolute Gasteiger partial charge is 0.323 e. The summed E-state index contributed by atoms with van der Waals surface area (Å²) in [6, 6.07) is 10.1. The third-order valence-corrected chi connectivity index (χ3v) is 3.96. The van der Waals surface area contributed by atoms with Crippen LogP contribution in [0.25, 0.3) is 0 Å². The standard InChI is InChI=1S/C13H16O2S/c1-12(2)15-11(14)13(3,16-12)9-10-7-5-4-6-8-10/h4-8H,9H2,1-3H3. The molecule has 1 fully saturated rings. The number of rotatable bonds is 2. The van der Waals surface area contributed by atoms with Crippen LogP contribution >= 0.6 is 11.8 Å². The highest BCUT2D eigenvalue weighted by Crippen LogP contribution is 2.47. The van der Waals surface area contributed by atoms with Crippen molar-refractivity contribution in [2.45, 2.75) is 36.9 Å². The van der Waals surface area contributed by atoms with E-state index in [2.05, 4.69) is 0 Å². The summed E-state index contributed by atoms with van der Waals surface area (Å²) >= 11 is 1.60. The van der Waals surface area contributed by atoms with Crippen LogP contribution in [0.3, 0.4) is 0 Å². The molecule has 1 heterocycles. The molecule has 0 radical (unpaired) electrons. The normalized spacial score (nSPS) is 27.8. The molecule has 0 bridgehead atoms. The van der Waals surface area contributed by atoms with E-state index >= 15 is 0 Å². The average molecular weight is 236 g/mol. The molecule has 1 atom stereocenters. The van der Waals surface area contributed by atoms with Crippen LogP contribution in [0.1, 0.15) is 26.3 Å². The number of thioether (sulfide) groups is 1. The van der Waals surface area contributed by atoms with Gasteiger partial charge in [-0.25, -0.2) is 0 Å². The zero-order chi connectivity index (χ0) is 11.8. The maximum absolute atomic E-state index is 11.9. The number of hydrogen-bond acceptors (Lipinski definition) is 3. The van der Waals surface area contributed by atoms with Crippen LogP contribution < -0.4 is 0 Å². The number of cyclic esters (lactones) is 1. The lowest BCUT2D eigenvalue weighted by Gasteiger charge is -2.20. The van der Waals surface area contributed by atoms with Gasteiger partial charge in [0, 0.05) is 0 Å². The molecule has 1 unspecified atom stereocenters. The molecule has 3 heteroatoms. The summed E-state index contributed by atoms with van der Waals surface area (Å²) in [5.74, 6) is -0.105. The number of carbonyl (C=O) groups excluding carboxylic acids is 1. The molecule has 0 spiro atoms. The minimum absolute atomic E-state index is 0.105. The fourth-order valence-corrected chi connectivity index (χ4v) is 3.60. The lowest BCUT2D eigenvalue weighted by Crippen LogP contribution is -2.29. The van der Waals surface area contributed by atoms with Crippen molar-refractivity contribution < 1.29 is 9.53 Å². The van der Waals surface area contributed by atoms with Crippen molar-refractivity contribution in [1.82, 2.24) is 0 Å². The van der Waals surface area contributed by atoms with Crippen LogP contribution in [-0.2, 0) is 16.0 Å². The molecule has 1 aliphatic heterocycles. The lowest BCUT2D eigenvalue weighted by atomic mass is 10.0. The number of ether oxygens (including phenoxy) is 1. The molecule has 0 aromatic heterocycles. The number of hydrogen-bond donors (Lipinski definition) is 0. The first-order valence-corrected chi connectivity index (χ1v) is 6.20. The molecule has 1 aromatic rings. The molecule has 0 amide bonds. The van der Waals surface area contributed by atoms with Crippen LogP contribution in [0.4, 0.5) is 0 Å². The Hall–Kier alpha value is -0.960. The van der Waals surface area contributed by atoms with Gasteiger partial charge in [0.15, 0.2) is 4.93 Å². The number of benzene rings is 1. The predicted molar refractivity (Wildman–Crippen MR) is 66.3 cm³/mol. The second-order valence-corrected chi connectivity index (χ2v) is 6.87. The van der Waals surface area contributed by atoms with E-state index in [1.807, 2.05) is 51.1 Å². The summed E-state index contributed by atoms with van der Waals surface area (Å²) in [5.41, 5.74) is 1.17. The maximum atomic E-state index is 11.9. The predicted octanol–water partition coefficient (Wildman–Crippen LogP) is 3.01. The highest BCUT2D eigenvalue weighted by molar-refractivity contribution is 8.02. The third kappa shape index (κ3) is 2.24. The molecular weight excluding hydrogens is 220 g/mol. The average Bonchev–Trinajstić information content (AvgIpc) is 2.36. The van der Waals surface area contributed by atoms with E-state index in [4.69, 9.17) is 4.74 Å². The molecule has 16 heavy (non-hydrogen) atoms. The zero-order valence-electron chi connectivity index (χ0n) is 9.82. The number of carbonyl (C=O) groups is 1. The largest absolute Gasteiger partial charge is 0.447 e. The Morgan fingerprint density at radius 3 is 2.31 bits per heavy atom. The van der Waals surface area contributed by atoms with Crippen LogP contribution in [-0.4, -0.2) is 15.6 Å². The molecule has 0 aliphatic carbocycles. The first-order chi connectivity index (χ1) is 7.41. The van der Waals surface area contributed by atoms with Gasteiger partial charge in [-0.1, -0.05) is 42.1 Å². The van der Waals surface area contributed by atoms with E-state index in [9.17, 15) is 4.79 Å². The van der Waals surface area contributed by atoms with Gasteiger partial charge in [-0.05, 0) is 32.8 Å². The van der Waals surface area contributed by atoms with E-state index in [-0.39, 0.29) is 5.97 Å². The van der Waals surface area contributed by atoms with Gasteiger partial charge < -0.3 is 4.74 Å². The monoisotopic (exact) mass is 236 g/mol. The summed E-state index contributed by atoms with van der Waals surface area (Å²) in [6.45, 7) is 5.83. The minimum atomic E-state index is -0.454. The molecular formula is C13H16O2S. The van der Waals surface area contributed by atoms with Crippen LogP contribution in [0, 0.1) is 0 Å². The summed E-state index contributed by atoms with van der Waals surface area (Å²) in [7, 11) is 0. The summed E-state index contributed by atoms with van der Waals surface area (Å²) < 4.78 is 4.91. The van der Waals surface area contributed by atoms with Crippen molar-refractivity contribution >= 4 is 17.7 Å². The van der Waals surface area contributed by atoms with Crippen molar-refractivity contribution in [3.05, 3.63) is 35.9 Å². The number of esters is 1. The molecule has 2 rings (SSSR count). The van der Waals surface area contributed by atoms with Gasteiger partial charge >= 0.3 is 5.97 Å². The van der Waals surface area contributed by atoms with E-state index < -0.39 is 9.68 Å². The maximum Gasteiger partial charge on any atom is 0.323 e. The third-order valence-electron chi connectivity index (χ3n) is 2.63. The minimum Gasteiger partial charge on any atom is -0.447 e. The van der Waals surface area contributed by atoms with Crippen LogP contribution in [0.2, 0.25) is 0 Å². The lowest BCUT2D eigenvalue weighted by molar-refractivity contribution is -0.148. The molecule has 1 aromatic carbocycles. The highest BCUT2D eigenvalue weighted by atomic mass is 32.2. The summed E-state index contributed by atoms with van der Waals surface area (Å²) in [5, 5.41) is 0. The first-order valence-electron chi connectivity index (χ1n) is 5.39. The van der Waals surface area contributed by atoms with E-state index in [1.54, 1.807) is 11.8 Å². The van der Waals surface area contributed by atoms with Gasteiger partial charge in [-0.2, -0.15) is 0 Å². The van der Waals surface area contributed by atoms with Crippen molar-refractivity contribution in [2.75, 3.05) is 0 Å².